The van der Waals surface area contributed by atoms with Crippen molar-refractivity contribution in [2.24, 2.45) is 11.7 Å². The van der Waals surface area contributed by atoms with Gasteiger partial charge in [-0.25, -0.2) is 4.98 Å². The van der Waals surface area contributed by atoms with E-state index < -0.39 is 0 Å². The van der Waals surface area contributed by atoms with Crippen molar-refractivity contribution in [2.45, 2.75) is 13.8 Å². The number of hydrogen-bond acceptors (Lipinski definition) is 5. The van der Waals surface area contributed by atoms with Crippen LogP contribution in [0.25, 0.3) is 0 Å². The van der Waals surface area contributed by atoms with Gasteiger partial charge in [-0.1, -0.05) is 13.8 Å². The fourth-order valence-electron chi connectivity index (χ4n) is 1.93. The van der Waals surface area contributed by atoms with Crippen LogP contribution in [-0.2, 0) is 0 Å². The minimum Gasteiger partial charge on any atom is -0.492 e. The third kappa shape index (κ3) is 5.24. The molecule has 128 valence electrons. The first kappa shape index (κ1) is 17.7. The highest BCUT2D eigenvalue weighted by Crippen LogP contribution is 2.19. The molecule has 2 rings (SSSR count). The van der Waals surface area contributed by atoms with Crippen LogP contribution in [0.5, 0.6) is 11.6 Å². The predicted molar refractivity (Wildman–Crippen MR) is 93.5 cm³/mol. The number of nitrogens with two attached hydrogens (primary N) is 1. The molecule has 1 amide bonds. The number of pyridine rings is 1. The Bertz CT molecular complexity index is 657. The van der Waals surface area contributed by atoms with E-state index in [1.165, 1.54) is 0 Å². The fraction of sp³-hybridized carbons (Fsp3) is 0.333. The van der Waals surface area contributed by atoms with Crippen LogP contribution in [0, 0.1) is 5.92 Å². The monoisotopic (exact) mass is 329 g/mol. The lowest BCUT2D eigenvalue weighted by molar-refractivity contribution is 0.102. The van der Waals surface area contributed by atoms with E-state index >= 15 is 0 Å². The lowest BCUT2D eigenvalue weighted by Gasteiger charge is -2.12. The number of anilines is 1. The van der Waals surface area contributed by atoms with Crippen molar-refractivity contribution >= 4 is 11.6 Å². The average molecular weight is 329 g/mol. The summed E-state index contributed by atoms with van der Waals surface area (Å²) >= 11 is 0. The molecule has 0 bridgehead atoms. The number of nitrogens with one attached hydrogen (secondary N) is 1. The van der Waals surface area contributed by atoms with Gasteiger partial charge in [0.25, 0.3) is 5.91 Å². The molecule has 1 aromatic carbocycles. The van der Waals surface area contributed by atoms with Crippen molar-refractivity contribution in [3.8, 4) is 11.6 Å². The van der Waals surface area contributed by atoms with Gasteiger partial charge in [0, 0.05) is 18.4 Å². The number of aromatic nitrogens is 1. The van der Waals surface area contributed by atoms with E-state index in [0.717, 1.165) is 0 Å². The SMILES string of the molecule is CC(C)COc1ncccc1C(=O)Nc1ccc(OCCN)cc1. The molecule has 0 spiro atoms. The second-order valence-electron chi connectivity index (χ2n) is 5.68. The summed E-state index contributed by atoms with van der Waals surface area (Å²) in [4.78, 5) is 16.6. The maximum Gasteiger partial charge on any atom is 0.261 e. The van der Waals surface area contributed by atoms with E-state index in [1.807, 2.05) is 13.8 Å². The van der Waals surface area contributed by atoms with Crippen LogP contribution in [0.1, 0.15) is 24.2 Å². The van der Waals surface area contributed by atoms with Crippen molar-refractivity contribution in [1.82, 2.24) is 4.98 Å². The van der Waals surface area contributed by atoms with Crippen LogP contribution in [0.2, 0.25) is 0 Å². The number of amides is 1. The molecule has 0 unspecified atom stereocenters. The van der Waals surface area contributed by atoms with Crippen molar-refractivity contribution < 1.29 is 14.3 Å². The molecule has 0 aliphatic heterocycles. The minimum atomic E-state index is -0.266. The van der Waals surface area contributed by atoms with Crippen LogP contribution in [0.3, 0.4) is 0 Å². The molecule has 0 atom stereocenters. The van der Waals surface area contributed by atoms with Crippen LogP contribution in [0.4, 0.5) is 5.69 Å². The van der Waals surface area contributed by atoms with Crippen LogP contribution >= 0.6 is 0 Å². The minimum absolute atomic E-state index is 0.266. The molecule has 2 aromatic rings. The van der Waals surface area contributed by atoms with Crippen LogP contribution in [0.15, 0.2) is 42.6 Å². The zero-order chi connectivity index (χ0) is 17.4. The summed E-state index contributed by atoms with van der Waals surface area (Å²) in [5.41, 5.74) is 6.46. The fourth-order valence-corrected chi connectivity index (χ4v) is 1.93. The average Bonchev–Trinajstić information content (AvgIpc) is 2.59. The molecule has 0 aliphatic rings. The van der Waals surface area contributed by atoms with E-state index in [-0.39, 0.29) is 5.91 Å². The molecule has 24 heavy (non-hydrogen) atoms. The Balaban J connectivity index is 2.04. The quantitative estimate of drug-likeness (QED) is 0.777. The van der Waals surface area contributed by atoms with E-state index in [9.17, 15) is 4.79 Å². The summed E-state index contributed by atoms with van der Waals surface area (Å²) in [5, 5.41) is 2.83. The van der Waals surface area contributed by atoms with Gasteiger partial charge >= 0.3 is 0 Å². The molecule has 3 N–H and O–H groups in total. The van der Waals surface area contributed by atoms with Gasteiger partial charge in [0.05, 0.1) is 6.61 Å². The number of nitrogens with zero attached hydrogens (tertiary/aromatic N) is 1. The third-order valence-corrected chi connectivity index (χ3v) is 3.07. The van der Waals surface area contributed by atoms with Crippen molar-refractivity contribution in [2.75, 3.05) is 25.1 Å². The molecule has 0 radical (unpaired) electrons. The highest BCUT2D eigenvalue weighted by atomic mass is 16.5. The zero-order valence-corrected chi connectivity index (χ0v) is 14.0. The highest BCUT2D eigenvalue weighted by molar-refractivity contribution is 6.05. The summed E-state index contributed by atoms with van der Waals surface area (Å²) in [5.74, 6) is 1.13. The molecule has 1 aromatic heterocycles. The number of ether oxygens (including phenoxy) is 2. The molecular weight excluding hydrogens is 306 g/mol. The molecule has 0 aliphatic carbocycles. The zero-order valence-electron chi connectivity index (χ0n) is 14.0. The van der Waals surface area contributed by atoms with Gasteiger partial charge in [-0.15, -0.1) is 0 Å². The molecule has 6 heteroatoms. The standard InChI is InChI=1S/C18H23N3O3/c1-13(2)12-24-18-16(4-3-10-20-18)17(22)21-14-5-7-15(8-6-14)23-11-9-19/h3-8,10,13H,9,11-12,19H2,1-2H3,(H,21,22). The molecule has 0 fully saturated rings. The summed E-state index contributed by atoms with van der Waals surface area (Å²) < 4.78 is 11.0. The Labute approximate surface area is 142 Å². The maximum atomic E-state index is 12.5. The molecule has 1 heterocycles. The first-order valence-electron chi connectivity index (χ1n) is 7.92. The Kier molecular flexibility index (Phi) is 6.57. The summed E-state index contributed by atoms with van der Waals surface area (Å²) in [7, 11) is 0. The number of benzene rings is 1. The first-order chi connectivity index (χ1) is 11.6. The van der Waals surface area contributed by atoms with E-state index in [0.29, 0.717) is 48.6 Å². The number of carbonyl (C=O) groups excluding carboxylic acids is 1. The van der Waals surface area contributed by atoms with Gasteiger partial charge < -0.3 is 20.5 Å². The summed E-state index contributed by atoms with van der Waals surface area (Å²) in [6.45, 7) is 5.50. The topological polar surface area (TPSA) is 86.5 Å². The Morgan fingerprint density at radius 3 is 2.62 bits per heavy atom. The van der Waals surface area contributed by atoms with Crippen LogP contribution < -0.4 is 20.5 Å². The van der Waals surface area contributed by atoms with Crippen molar-refractivity contribution in [1.29, 1.82) is 0 Å². The van der Waals surface area contributed by atoms with Gasteiger partial charge in [-0.2, -0.15) is 0 Å². The van der Waals surface area contributed by atoms with Crippen molar-refractivity contribution in [3.63, 3.8) is 0 Å². The summed E-state index contributed by atoms with van der Waals surface area (Å²) in [6, 6.07) is 10.5. The van der Waals surface area contributed by atoms with Gasteiger partial charge in [-0.05, 0) is 42.3 Å². The smallest absolute Gasteiger partial charge is 0.261 e. The maximum absolute atomic E-state index is 12.5. The molecular formula is C18H23N3O3. The van der Waals surface area contributed by atoms with Crippen LogP contribution in [-0.4, -0.2) is 30.6 Å². The van der Waals surface area contributed by atoms with E-state index in [1.54, 1.807) is 42.6 Å². The van der Waals surface area contributed by atoms with Gasteiger partial charge in [0.1, 0.15) is 17.9 Å². The first-order valence-corrected chi connectivity index (χ1v) is 7.92. The third-order valence-electron chi connectivity index (χ3n) is 3.07. The number of hydrogen-bond donors (Lipinski definition) is 2. The Morgan fingerprint density at radius 2 is 1.96 bits per heavy atom. The molecule has 0 saturated heterocycles. The highest BCUT2D eigenvalue weighted by Gasteiger charge is 2.14. The van der Waals surface area contributed by atoms with Crippen molar-refractivity contribution in [3.05, 3.63) is 48.2 Å². The molecule has 0 saturated carbocycles. The Hall–Kier alpha value is -2.60. The van der Waals surface area contributed by atoms with E-state index in [2.05, 4.69) is 10.3 Å². The van der Waals surface area contributed by atoms with E-state index in [4.69, 9.17) is 15.2 Å². The lowest BCUT2D eigenvalue weighted by atomic mass is 10.2. The normalized spacial score (nSPS) is 10.5. The van der Waals surface area contributed by atoms with Gasteiger partial charge in [0.15, 0.2) is 0 Å². The van der Waals surface area contributed by atoms with Gasteiger partial charge in [0.2, 0.25) is 5.88 Å². The number of carbonyl (C=O) groups is 1. The Morgan fingerprint density at radius 1 is 1.21 bits per heavy atom. The predicted octanol–water partition coefficient (Wildman–Crippen LogP) is 2.71. The second-order valence-corrected chi connectivity index (χ2v) is 5.68. The largest absolute Gasteiger partial charge is 0.492 e. The molecule has 6 nitrogen and oxygen atoms in total. The summed E-state index contributed by atoms with van der Waals surface area (Å²) in [6.07, 6.45) is 1.61. The number of rotatable bonds is 8. The second kappa shape index (κ2) is 8.88. The lowest BCUT2D eigenvalue weighted by Crippen LogP contribution is -2.16. The van der Waals surface area contributed by atoms with Gasteiger partial charge in [-0.3, -0.25) is 4.79 Å².